The van der Waals surface area contributed by atoms with Crippen LogP contribution in [0, 0.1) is 10.1 Å². The molecule has 0 saturated carbocycles. The SMILES string of the molecule is CCC(=CNc1ccc(Br)cc1OC)[N+](=O)[O-]. The van der Waals surface area contributed by atoms with Gasteiger partial charge in [-0.1, -0.05) is 22.9 Å². The second-order valence-corrected chi connectivity index (χ2v) is 4.15. The third-order valence-electron chi connectivity index (χ3n) is 2.15. The molecule has 6 heteroatoms. The highest BCUT2D eigenvalue weighted by atomic mass is 79.9. The highest BCUT2D eigenvalue weighted by Crippen LogP contribution is 2.28. The number of hydrogen-bond donors (Lipinski definition) is 1. The summed E-state index contributed by atoms with van der Waals surface area (Å²) in [5.41, 5.74) is 0.804. The Balaban J connectivity index is 2.91. The Bertz CT molecular complexity index is 446. The van der Waals surface area contributed by atoms with E-state index in [-0.39, 0.29) is 5.70 Å². The minimum atomic E-state index is -0.404. The molecule has 0 amide bonds. The van der Waals surface area contributed by atoms with Gasteiger partial charge in [-0.3, -0.25) is 10.1 Å². The van der Waals surface area contributed by atoms with E-state index in [2.05, 4.69) is 21.2 Å². The van der Waals surface area contributed by atoms with Crippen molar-refractivity contribution in [1.82, 2.24) is 0 Å². The van der Waals surface area contributed by atoms with Gasteiger partial charge in [0.15, 0.2) is 0 Å². The maximum Gasteiger partial charge on any atom is 0.261 e. The number of nitro groups is 1. The van der Waals surface area contributed by atoms with Gasteiger partial charge in [-0.05, 0) is 18.2 Å². The zero-order valence-corrected chi connectivity index (χ0v) is 11.2. The van der Waals surface area contributed by atoms with Crippen LogP contribution in [0.15, 0.2) is 34.6 Å². The van der Waals surface area contributed by atoms with E-state index in [9.17, 15) is 10.1 Å². The molecule has 5 nitrogen and oxygen atoms in total. The number of methoxy groups -OCH3 is 1. The molecule has 1 N–H and O–H groups in total. The number of rotatable bonds is 5. The van der Waals surface area contributed by atoms with Gasteiger partial charge in [-0.15, -0.1) is 0 Å². The van der Waals surface area contributed by atoms with Gasteiger partial charge in [0, 0.05) is 10.9 Å². The number of nitrogens with one attached hydrogen (secondary N) is 1. The van der Waals surface area contributed by atoms with Crippen LogP contribution in [-0.2, 0) is 0 Å². The third kappa shape index (κ3) is 3.74. The van der Waals surface area contributed by atoms with Gasteiger partial charge in [-0.2, -0.15) is 0 Å². The fraction of sp³-hybridized carbons (Fsp3) is 0.273. The number of halogens is 1. The fourth-order valence-corrected chi connectivity index (χ4v) is 1.57. The molecule has 0 atom stereocenters. The monoisotopic (exact) mass is 300 g/mol. The minimum absolute atomic E-state index is 0.120. The maximum atomic E-state index is 10.6. The molecular formula is C11H13BrN2O3. The van der Waals surface area contributed by atoms with E-state index in [1.807, 2.05) is 6.07 Å². The molecule has 0 unspecified atom stereocenters. The first-order chi connectivity index (χ1) is 8.08. The summed E-state index contributed by atoms with van der Waals surface area (Å²) < 4.78 is 6.04. The van der Waals surface area contributed by atoms with Crippen LogP contribution < -0.4 is 10.1 Å². The molecule has 0 radical (unpaired) electrons. The Labute approximate surface area is 108 Å². The van der Waals surface area contributed by atoms with E-state index in [1.165, 1.54) is 6.20 Å². The number of hydrogen-bond acceptors (Lipinski definition) is 4. The Kier molecular flexibility index (Phi) is 4.96. The van der Waals surface area contributed by atoms with Crippen LogP contribution in [-0.4, -0.2) is 12.0 Å². The molecule has 1 rings (SSSR count). The number of allylic oxidation sites excluding steroid dienone is 1. The molecular weight excluding hydrogens is 288 g/mol. The van der Waals surface area contributed by atoms with Gasteiger partial charge < -0.3 is 10.1 Å². The summed E-state index contributed by atoms with van der Waals surface area (Å²) in [5, 5.41) is 13.5. The summed E-state index contributed by atoms with van der Waals surface area (Å²) in [4.78, 5) is 10.2. The number of nitrogens with zero attached hydrogens (tertiary/aromatic N) is 1. The van der Waals surface area contributed by atoms with Crippen molar-refractivity contribution in [1.29, 1.82) is 0 Å². The van der Waals surface area contributed by atoms with Crippen molar-refractivity contribution in [2.24, 2.45) is 0 Å². The molecule has 17 heavy (non-hydrogen) atoms. The molecule has 1 aromatic rings. The van der Waals surface area contributed by atoms with Gasteiger partial charge in [-0.25, -0.2) is 0 Å². The largest absolute Gasteiger partial charge is 0.495 e. The topological polar surface area (TPSA) is 64.4 Å². The molecule has 0 saturated heterocycles. The lowest BCUT2D eigenvalue weighted by molar-refractivity contribution is -0.427. The minimum Gasteiger partial charge on any atom is -0.495 e. The van der Waals surface area contributed by atoms with E-state index in [0.29, 0.717) is 17.9 Å². The van der Waals surface area contributed by atoms with Gasteiger partial charge in [0.25, 0.3) is 5.70 Å². The second-order valence-electron chi connectivity index (χ2n) is 3.24. The van der Waals surface area contributed by atoms with Crippen LogP contribution in [0.3, 0.4) is 0 Å². The van der Waals surface area contributed by atoms with Crippen LogP contribution in [0.1, 0.15) is 13.3 Å². The number of ether oxygens (including phenoxy) is 1. The lowest BCUT2D eigenvalue weighted by Gasteiger charge is -2.08. The molecule has 0 aliphatic carbocycles. The van der Waals surface area contributed by atoms with Crippen molar-refractivity contribution >= 4 is 21.6 Å². The van der Waals surface area contributed by atoms with Crippen LogP contribution in [0.5, 0.6) is 5.75 Å². The van der Waals surface area contributed by atoms with Gasteiger partial charge >= 0.3 is 0 Å². The predicted octanol–water partition coefficient (Wildman–Crippen LogP) is 3.40. The first-order valence-electron chi connectivity index (χ1n) is 5.02. The van der Waals surface area contributed by atoms with Crippen molar-refractivity contribution in [3.05, 3.63) is 44.7 Å². The molecule has 92 valence electrons. The first-order valence-corrected chi connectivity index (χ1v) is 5.81. The molecule has 0 fully saturated rings. The fourth-order valence-electron chi connectivity index (χ4n) is 1.23. The van der Waals surface area contributed by atoms with Crippen molar-refractivity contribution in [3.63, 3.8) is 0 Å². The third-order valence-corrected chi connectivity index (χ3v) is 2.65. The average Bonchev–Trinajstić information content (AvgIpc) is 2.31. The molecule has 0 bridgehead atoms. The van der Waals surface area contributed by atoms with Crippen LogP contribution in [0.25, 0.3) is 0 Å². The molecule has 1 aromatic carbocycles. The smallest absolute Gasteiger partial charge is 0.261 e. The van der Waals surface area contributed by atoms with Crippen LogP contribution in [0.4, 0.5) is 5.69 Å². The Morgan fingerprint density at radius 3 is 2.88 bits per heavy atom. The van der Waals surface area contributed by atoms with Gasteiger partial charge in [0.2, 0.25) is 0 Å². The summed E-state index contributed by atoms with van der Waals surface area (Å²) in [6.45, 7) is 1.73. The van der Waals surface area contributed by atoms with Gasteiger partial charge in [0.1, 0.15) is 5.75 Å². The standard InChI is InChI=1S/C11H13BrN2O3/c1-3-9(14(15)16)7-13-10-5-4-8(12)6-11(10)17-2/h4-7,13H,3H2,1-2H3. The Morgan fingerprint density at radius 2 is 2.35 bits per heavy atom. The zero-order valence-electron chi connectivity index (χ0n) is 9.57. The molecule has 0 aliphatic heterocycles. The normalized spacial score (nSPS) is 11.1. The van der Waals surface area contributed by atoms with Crippen LogP contribution in [0.2, 0.25) is 0 Å². The van der Waals surface area contributed by atoms with Gasteiger partial charge in [0.05, 0.1) is 23.9 Å². The number of benzene rings is 1. The first kappa shape index (κ1) is 13.5. The van der Waals surface area contributed by atoms with Crippen molar-refractivity contribution < 1.29 is 9.66 Å². The van der Waals surface area contributed by atoms with Crippen molar-refractivity contribution in [3.8, 4) is 5.75 Å². The predicted molar refractivity (Wildman–Crippen MR) is 69.7 cm³/mol. The Morgan fingerprint density at radius 1 is 1.65 bits per heavy atom. The highest BCUT2D eigenvalue weighted by Gasteiger charge is 2.08. The lowest BCUT2D eigenvalue weighted by atomic mass is 10.3. The van der Waals surface area contributed by atoms with E-state index in [1.54, 1.807) is 26.2 Å². The zero-order chi connectivity index (χ0) is 12.8. The Hall–Kier alpha value is -1.56. The summed E-state index contributed by atoms with van der Waals surface area (Å²) in [6, 6.07) is 5.40. The summed E-state index contributed by atoms with van der Waals surface area (Å²) in [6.07, 6.45) is 1.74. The summed E-state index contributed by atoms with van der Waals surface area (Å²) in [5.74, 6) is 0.620. The molecule has 0 heterocycles. The van der Waals surface area contributed by atoms with E-state index in [4.69, 9.17) is 4.74 Å². The van der Waals surface area contributed by atoms with E-state index >= 15 is 0 Å². The highest BCUT2D eigenvalue weighted by molar-refractivity contribution is 9.10. The summed E-state index contributed by atoms with van der Waals surface area (Å²) in [7, 11) is 1.55. The quantitative estimate of drug-likeness (QED) is 0.668. The molecule has 0 aromatic heterocycles. The number of anilines is 1. The van der Waals surface area contributed by atoms with E-state index < -0.39 is 4.92 Å². The summed E-state index contributed by atoms with van der Waals surface area (Å²) >= 11 is 3.32. The maximum absolute atomic E-state index is 10.6. The van der Waals surface area contributed by atoms with E-state index in [0.717, 1.165) is 4.47 Å². The average molecular weight is 301 g/mol. The van der Waals surface area contributed by atoms with Crippen molar-refractivity contribution in [2.45, 2.75) is 13.3 Å². The van der Waals surface area contributed by atoms with Crippen molar-refractivity contribution in [2.75, 3.05) is 12.4 Å². The second kappa shape index (κ2) is 6.24. The van der Waals surface area contributed by atoms with Crippen LogP contribution >= 0.6 is 15.9 Å². The molecule has 0 spiro atoms. The lowest BCUT2D eigenvalue weighted by Crippen LogP contribution is -2.01. The molecule has 0 aliphatic rings.